The molecule has 0 N–H and O–H groups in total. The van der Waals surface area contributed by atoms with Crippen molar-refractivity contribution < 1.29 is 28.4 Å². The highest BCUT2D eigenvalue weighted by Crippen LogP contribution is 2.69. The lowest BCUT2D eigenvalue weighted by atomic mass is 9.63. The second kappa shape index (κ2) is 10.3. The van der Waals surface area contributed by atoms with Crippen molar-refractivity contribution in [3.05, 3.63) is 106 Å². The summed E-state index contributed by atoms with van der Waals surface area (Å²) in [6.45, 7) is 0. The predicted octanol–water partition coefficient (Wildman–Crippen LogP) is 6.90. The van der Waals surface area contributed by atoms with Crippen LogP contribution in [0.15, 0.2) is 72.8 Å². The van der Waals surface area contributed by atoms with Gasteiger partial charge in [0.2, 0.25) is 0 Å². The molecule has 0 radical (unpaired) electrons. The summed E-state index contributed by atoms with van der Waals surface area (Å²) in [6.07, 6.45) is 0. The first kappa shape index (κ1) is 25.9. The highest BCUT2D eigenvalue weighted by atomic mass is 16.5. The average molecular weight is 539 g/mol. The third kappa shape index (κ3) is 3.93. The van der Waals surface area contributed by atoms with Crippen LogP contribution in [0.5, 0.6) is 34.5 Å². The van der Waals surface area contributed by atoms with E-state index in [0.717, 1.165) is 34.5 Å². The summed E-state index contributed by atoms with van der Waals surface area (Å²) < 4.78 is 34.7. The largest absolute Gasteiger partial charge is 0.497 e. The van der Waals surface area contributed by atoms with Crippen LogP contribution in [0.25, 0.3) is 0 Å². The first-order valence-electron chi connectivity index (χ1n) is 13.4. The molecule has 4 aromatic rings. The van der Waals surface area contributed by atoms with Crippen molar-refractivity contribution in [2.45, 2.75) is 23.7 Å². The molecule has 0 fully saturated rings. The first-order chi connectivity index (χ1) is 19.6. The summed E-state index contributed by atoms with van der Waals surface area (Å²) in [5, 5.41) is 0. The van der Waals surface area contributed by atoms with Gasteiger partial charge in [-0.25, -0.2) is 0 Å². The van der Waals surface area contributed by atoms with E-state index in [0.29, 0.717) is 0 Å². The molecule has 40 heavy (non-hydrogen) atoms. The molecule has 6 nitrogen and oxygen atoms in total. The molecule has 6 heteroatoms. The number of benzene rings is 4. The first-order valence-corrected chi connectivity index (χ1v) is 13.4. The van der Waals surface area contributed by atoms with Gasteiger partial charge >= 0.3 is 0 Å². The van der Waals surface area contributed by atoms with E-state index >= 15 is 0 Å². The molecule has 0 amide bonds. The Bertz CT molecular complexity index is 1530. The minimum Gasteiger partial charge on any atom is -0.497 e. The molecule has 2 bridgehead atoms. The molecule has 4 aromatic carbocycles. The molecule has 0 aromatic heterocycles. The number of hydrogen-bond donors (Lipinski definition) is 0. The van der Waals surface area contributed by atoms with Crippen LogP contribution in [-0.2, 0) is 0 Å². The third-order valence-electron chi connectivity index (χ3n) is 8.60. The van der Waals surface area contributed by atoms with Crippen LogP contribution in [0.1, 0.15) is 57.1 Å². The second-order valence-corrected chi connectivity index (χ2v) is 10.2. The Morgan fingerprint density at radius 1 is 0.400 bits per heavy atom. The van der Waals surface area contributed by atoms with Gasteiger partial charge in [-0.05, 0) is 58.7 Å². The van der Waals surface area contributed by atoms with Crippen molar-refractivity contribution in [3.8, 4) is 34.5 Å². The summed E-state index contributed by atoms with van der Waals surface area (Å²) >= 11 is 0. The molecule has 6 rings (SSSR count). The Morgan fingerprint density at radius 2 is 0.850 bits per heavy atom. The molecule has 2 aliphatic rings. The lowest BCUT2D eigenvalue weighted by Gasteiger charge is -2.40. The molecule has 0 saturated heterocycles. The van der Waals surface area contributed by atoms with E-state index in [2.05, 4.69) is 36.4 Å². The molecule has 0 saturated carbocycles. The average Bonchev–Trinajstić information content (AvgIpc) is 3.29. The lowest BCUT2D eigenvalue weighted by Crippen LogP contribution is -2.26. The Morgan fingerprint density at radius 3 is 1.32 bits per heavy atom. The van der Waals surface area contributed by atoms with E-state index in [1.165, 1.54) is 33.4 Å². The molecular formula is C34H34O6. The normalized spacial score (nSPS) is 20.2. The monoisotopic (exact) mass is 538 g/mol. The Hall–Kier alpha value is -4.32. The van der Waals surface area contributed by atoms with Crippen LogP contribution in [0.2, 0.25) is 0 Å². The molecule has 206 valence electrons. The smallest absolute Gasteiger partial charge is 0.126 e. The topological polar surface area (TPSA) is 55.4 Å². The summed E-state index contributed by atoms with van der Waals surface area (Å²) in [5.41, 5.74) is 7.17. The molecule has 0 heterocycles. The van der Waals surface area contributed by atoms with Crippen molar-refractivity contribution in [2.24, 2.45) is 0 Å². The summed E-state index contributed by atoms with van der Waals surface area (Å²) in [7, 11) is 10.2. The van der Waals surface area contributed by atoms with Crippen molar-refractivity contribution in [1.29, 1.82) is 0 Å². The summed E-state index contributed by atoms with van der Waals surface area (Å²) in [6, 6.07) is 25.2. The van der Waals surface area contributed by atoms with E-state index < -0.39 is 0 Å². The quantitative estimate of drug-likeness (QED) is 0.243. The zero-order chi connectivity index (χ0) is 28.0. The maximum Gasteiger partial charge on any atom is 0.126 e. The molecule has 4 unspecified atom stereocenters. The van der Waals surface area contributed by atoms with Crippen LogP contribution in [0.3, 0.4) is 0 Å². The van der Waals surface area contributed by atoms with E-state index in [-0.39, 0.29) is 23.7 Å². The number of methoxy groups -OCH3 is 6. The number of rotatable bonds is 8. The van der Waals surface area contributed by atoms with Gasteiger partial charge in [-0.1, -0.05) is 24.3 Å². The van der Waals surface area contributed by atoms with Crippen LogP contribution >= 0.6 is 0 Å². The standard InChI is InChI=1S/C34H34O6/c1-35-21-11-7-19(8-12-21)29-31-25(15-23(37-3)17-27(31)39-5)34-30(20-9-13-22(36-2)14-10-20)33(29)26-16-24(38-4)18-28(40-6)32(26)34/h7-18,29-30,33-34H,1-6H3. The highest BCUT2D eigenvalue weighted by molar-refractivity contribution is 5.69. The van der Waals surface area contributed by atoms with Crippen LogP contribution in [0.4, 0.5) is 0 Å². The van der Waals surface area contributed by atoms with Gasteiger partial charge in [0, 0.05) is 46.9 Å². The van der Waals surface area contributed by atoms with Gasteiger partial charge in [-0.15, -0.1) is 0 Å². The third-order valence-corrected chi connectivity index (χ3v) is 8.60. The Balaban J connectivity index is 1.71. The van der Waals surface area contributed by atoms with Gasteiger partial charge in [0.05, 0.1) is 42.7 Å². The van der Waals surface area contributed by atoms with E-state index in [9.17, 15) is 0 Å². The van der Waals surface area contributed by atoms with Crippen molar-refractivity contribution in [2.75, 3.05) is 42.7 Å². The molecule has 4 atom stereocenters. The Labute approximate surface area is 235 Å². The lowest BCUT2D eigenvalue weighted by molar-refractivity contribution is 0.372. The summed E-state index contributed by atoms with van der Waals surface area (Å²) in [4.78, 5) is 0. The van der Waals surface area contributed by atoms with Crippen molar-refractivity contribution >= 4 is 0 Å². The molecule has 0 aliphatic heterocycles. The maximum atomic E-state index is 6.07. The number of ether oxygens (including phenoxy) is 6. The summed E-state index contributed by atoms with van der Waals surface area (Å²) in [5.74, 6) is 5.04. The van der Waals surface area contributed by atoms with E-state index in [1.54, 1.807) is 42.7 Å². The molecule has 2 aliphatic carbocycles. The fourth-order valence-electron chi connectivity index (χ4n) is 6.92. The van der Waals surface area contributed by atoms with Crippen LogP contribution in [0, 0.1) is 0 Å². The second-order valence-electron chi connectivity index (χ2n) is 10.2. The molecule has 0 spiro atoms. The minimum absolute atomic E-state index is 0.0109. The van der Waals surface area contributed by atoms with Gasteiger partial charge in [-0.3, -0.25) is 0 Å². The van der Waals surface area contributed by atoms with Crippen molar-refractivity contribution in [1.82, 2.24) is 0 Å². The SMILES string of the molecule is COc1ccc(C2c3c(OC)cc(OC)cc3C3c4c(OC)cc(OC)cc4C2C3c2ccc(OC)cc2)cc1. The van der Waals surface area contributed by atoms with Gasteiger partial charge in [0.1, 0.15) is 34.5 Å². The zero-order valence-corrected chi connectivity index (χ0v) is 23.7. The van der Waals surface area contributed by atoms with Crippen LogP contribution in [-0.4, -0.2) is 42.7 Å². The minimum atomic E-state index is -0.0109. The number of hydrogen-bond acceptors (Lipinski definition) is 6. The fourth-order valence-corrected chi connectivity index (χ4v) is 6.92. The van der Waals surface area contributed by atoms with Gasteiger partial charge < -0.3 is 28.4 Å². The van der Waals surface area contributed by atoms with E-state index in [4.69, 9.17) is 28.4 Å². The van der Waals surface area contributed by atoms with Gasteiger partial charge in [0.25, 0.3) is 0 Å². The highest BCUT2D eigenvalue weighted by Gasteiger charge is 2.54. The maximum absolute atomic E-state index is 6.07. The predicted molar refractivity (Wildman–Crippen MR) is 154 cm³/mol. The Kier molecular flexibility index (Phi) is 6.70. The van der Waals surface area contributed by atoms with E-state index in [1.807, 2.05) is 36.4 Å². The number of fused-ring (bicyclic) bond motifs is 7. The van der Waals surface area contributed by atoms with Gasteiger partial charge in [-0.2, -0.15) is 0 Å². The molecular weight excluding hydrogens is 504 g/mol. The van der Waals surface area contributed by atoms with Crippen molar-refractivity contribution in [3.63, 3.8) is 0 Å². The van der Waals surface area contributed by atoms with Crippen LogP contribution < -0.4 is 28.4 Å². The zero-order valence-electron chi connectivity index (χ0n) is 23.7. The fraction of sp³-hybridized carbons (Fsp3) is 0.294. The van der Waals surface area contributed by atoms with Gasteiger partial charge in [0.15, 0.2) is 0 Å².